The lowest BCUT2D eigenvalue weighted by Crippen LogP contribution is -2.38. The molecule has 110 valence electrons. The van der Waals surface area contributed by atoms with Crippen molar-refractivity contribution in [3.8, 4) is 5.75 Å². The fraction of sp³-hybridized carbons (Fsp3) is 0.533. The number of piperidine rings is 1. The van der Waals surface area contributed by atoms with E-state index < -0.39 is 0 Å². The SMILES string of the molecule is COc1ccc(Br)cc1CC(=O)NCC1CCCNC1. The molecule has 2 N–H and O–H groups in total. The summed E-state index contributed by atoms with van der Waals surface area (Å²) in [5, 5.41) is 6.38. The van der Waals surface area contributed by atoms with Crippen LogP contribution in [0.5, 0.6) is 5.75 Å². The first kappa shape index (κ1) is 15.3. The van der Waals surface area contributed by atoms with E-state index in [2.05, 4.69) is 26.6 Å². The van der Waals surface area contributed by atoms with Gasteiger partial charge in [-0.05, 0) is 50.0 Å². The zero-order valence-corrected chi connectivity index (χ0v) is 13.3. The zero-order valence-electron chi connectivity index (χ0n) is 11.7. The molecule has 1 aromatic rings. The van der Waals surface area contributed by atoms with Gasteiger partial charge in [0, 0.05) is 16.6 Å². The predicted octanol–water partition coefficient (Wildman–Crippen LogP) is 2.12. The molecule has 1 aliphatic rings. The number of rotatable bonds is 5. The number of hydrogen-bond donors (Lipinski definition) is 2. The van der Waals surface area contributed by atoms with E-state index in [9.17, 15) is 4.79 Å². The van der Waals surface area contributed by atoms with Crippen molar-refractivity contribution in [2.75, 3.05) is 26.7 Å². The number of hydrogen-bond acceptors (Lipinski definition) is 3. The fourth-order valence-corrected chi connectivity index (χ4v) is 2.89. The molecular formula is C15H21BrN2O2. The van der Waals surface area contributed by atoms with E-state index in [1.165, 1.54) is 12.8 Å². The Morgan fingerprint density at radius 3 is 3.10 bits per heavy atom. The summed E-state index contributed by atoms with van der Waals surface area (Å²) in [6.07, 6.45) is 2.73. The van der Waals surface area contributed by atoms with Gasteiger partial charge in [0.25, 0.3) is 0 Å². The van der Waals surface area contributed by atoms with Gasteiger partial charge in [0.05, 0.1) is 13.5 Å². The van der Waals surface area contributed by atoms with Gasteiger partial charge in [0.2, 0.25) is 5.91 Å². The lowest BCUT2D eigenvalue weighted by atomic mass is 9.99. The third-order valence-corrected chi connectivity index (χ3v) is 4.07. The predicted molar refractivity (Wildman–Crippen MR) is 83.0 cm³/mol. The van der Waals surface area contributed by atoms with E-state index in [1.807, 2.05) is 18.2 Å². The van der Waals surface area contributed by atoms with Crippen molar-refractivity contribution in [3.05, 3.63) is 28.2 Å². The van der Waals surface area contributed by atoms with Crippen LogP contribution in [0.4, 0.5) is 0 Å². The van der Waals surface area contributed by atoms with E-state index in [1.54, 1.807) is 7.11 Å². The molecule has 1 aliphatic heterocycles. The van der Waals surface area contributed by atoms with Crippen molar-refractivity contribution in [2.45, 2.75) is 19.3 Å². The van der Waals surface area contributed by atoms with Crippen LogP contribution in [-0.2, 0) is 11.2 Å². The average molecular weight is 341 g/mol. The van der Waals surface area contributed by atoms with Gasteiger partial charge in [-0.25, -0.2) is 0 Å². The molecular weight excluding hydrogens is 320 g/mol. The van der Waals surface area contributed by atoms with Crippen LogP contribution in [0.2, 0.25) is 0 Å². The molecule has 1 atom stereocenters. The molecule has 1 aromatic carbocycles. The molecule has 1 fully saturated rings. The summed E-state index contributed by atoms with van der Waals surface area (Å²) in [5.74, 6) is 1.35. The van der Waals surface area contributed by atoms with Gasteiger partial charge in [0.1, 0.15) is 5.75 Å². The maximum Gasteiger partial charge on any atom is 0.224 e. The standard InChI is InChI=1S/C15H21BrN2O2/c1-20-14-5-4-13(16)7-12(14)8-15(19)18-10-11-3-2-6-17-9-11/h4-5,7,11,17H,2-3,6,8-10H2,1H3,(H,18,19). The van der Waals surface area contributed by atoms with E-state index in [0.29, 0.717) is 12.3 Å². The third-order valence-electron chi connectivity index (χ3n) is 3.58. The van der Waals surface area contributed by atoms with Gasteiger partial charge in [0.15, 0.2) is 0 Å². The molecule has 20 heavy (non-hydrogen) atoms. The average Bonchev–Trinajstić information content (AvgIpc) is 2.46. The maximum atomic E-state index is 12.0. The molecule has 0 aromatic heterocycles. The highest BCUT2D eigenvalue weighted by Gasteiger charge is 2.15. The Morgan fingerprint density at radius 2 is 2.40 bits per heavy atom. The largest absolute Gasteiger partial charge is 0.496 e. The third kappa shape index (κ3) is 4.49. The topological polar surface area (TPSA) is 50.4 Å². The first-order valence-corrected chi connectivity index (χ1v) is 7.78. The fourth-order valence-electron chi connectivity index (χ4n) is 2.48. The highest BCUT2D eigenvalue weighted by atomic mass is 79.9. The summed E-state index contributed by atoms with van der Waals surface area (Å²) in [7, 11) is 1.62. The summed E-state index contributed by atoms with van der Waals surface area (Å²) in [6.45, 7) is 2.85. The highest BCUT2D eigenvalue weighted by molar-refractivity contribution is 9.10. The smallest absolute Gasteiger partial charge is 0.224 e. The number of benzene rings is 1. The van der Waals surface area contributed by atoms with Crippen molar-refractivity contribution >= 4 is 21.8 Å². The number of carbonyl (C=O) groups excluding carboxylic acids is 1. The molecule has 1 saturated heterocycles. The van der Waals surface area contributed by atoms with Crippen LogP contribution in [0.25, 0.3) is 0 Å². The normalized spacial score (nSPS) is 18.6. The molecule has 5 heteroatoms. The lowest BCUT2D eigenvalue weighted by Gasteiger charge is -2.22. The summed E-state index contributed by atoms with van der Waals surface area (Å²) >= 11 is 3.42. The Bertz CT molecular complexity index is 459. The Morgan fingerprint density at radius 1 is 1.55 bits per heavy atom. The van der Waals surface area contributed by atoms with Crippen LogP contribution < -0.4 is 15.4 Å². The number of halogens is 1. The molecule has 4 nitrogen and oxygen atoms in total. The quantitative estimate of drug-likeness (QED) is 0.863. The van der Waals surface area contributed by atoms with Gasteiger partial charge in [-0.2, -0.15) is 0 Å². The first-order valence-electron chi connectivity index (χ1n) is 6.99. The van der Waals surface area contributed by atoms with Crippen LogP contribution in [0.1, 0.15) is 18.4 Å². The van der Waals surface area contributed by atoms with Crippen LogP contribution in [-0.4, -0.2) is 32.7 Å². The maximum absolute atomic E-state index is 12.0. The molecule has 0 saturated carbocycles. The van der Waals surface area contributed by atoms with E-state index in [4.69, 9.17) is 4.74 Å². The van der Waals surface area contributed by atoms with E-state index >= 15 is 0 Å². The number of methoxy groups -OCH3 is 1. The van der Waals surface area contributed by atoms with E-state index in [0.717, 1.165) is 35.4 Å². The second-order valence-corrected chi connectivity index (χ2v) is 6.07. The van der Waals surface area contributed by atoms with E-state index in [-0.39, 0.29) is 5.91 Å². The Labute approximate surface area is 128 Å². The van der Waals surface area contributed by atoms with Gasteiger partial charge in [-0.15, -0.1) is 0 Å². The van der Waals surface area contributed by atoms with Crippen molar-refractivity contribution in [1.29, 1.82) is 0 Å². The first-order chi connectivity index (χ1) is 9.69. The summed E-state index contributed by atoms with van der Waals surface area (Å²) in [4.78, 5) is 12.0. The number of amides is 1. The van der Waals surface area contributed by atoms with Crippen molar-refractivity contribution in [1.82, 2.24) is 10.6 Å². The van der Waals surface area contributed by atoms with Gasteiger partial charge < -0.3 is 15.4 Å². The second kappa shape index (κ2) is 7.64. The highest BCUT2D eigenvalue weighted by Crippen LogP contribution is 2.23. The summed E-state index contributed by atoms with van der Waals surface area (Å²) in [5.41, 5.74) is 0.904. The molecule has 0 spiro atoms. The number of carbonyl (C=O) groups is 1. The van der Waals surface area contributed by atoms with Crippen molar-refractivity contribution in [2.24, 2.45) is 5.92 Å². The van der Waals surface area contributed by atoms with Gasteiger partial charge >= 0.3 is 0 Å². The van der Waals surface area contributed by atoms with Gasteiger partial charge in [-0.3, -0.25) is 4.79 Å². The van der Waals surface area contributed by atoms with Crippen LogP contribution in [0, 0.1) is 5.92 Å². The molecule has 1 unspecified atom stereocenters. The molecule has 2 rings (SSSR count). The van der Waals surface area contributed by atoms with Crippen LogP contribution in [0.3, 0.4) is 0 Å². The Balaban J connectivity index is 1.86. The Kier molecular flexibility index (Phi) is 5.86. The molecule has 0 bridgehead atoms. The van der Waals surface area contributed by atoms with Crippen molar-refractivity contribution in [3.63, 3.8) is 0 Å². The number of ether oxygens (including phenoxy) is 1. The second-order valence-electron chi connectivity index (χ2n) is 5.15. The van der Waals surface area contributed by atoms with Crippen LogP contribution in [0.15, 0.2) is 22.7 Å². The lowest BCUT2D eigenvalue weighted by molar-refractivity contribution is -0.120. The van der Waals surface area contributed by atoms with Gasteiger partial charge in [-0.1, -0.05) is 15.9 Å². The molecule has 0 radical (unpaired) electrons. The van der Waals surface area contributed by atoms with Crippen LogP contribution >= 0.6 is 15.9 Å². The monoisotopic (exact) mass is 340 g/mol. The zero-order chi connectivity index (χ0) is 14.4. The minimum absolute atomic E-state index is 0.0481. The summed E-state index contributed by atoms with van der Waals surface area (Å²) in [6, 6.07) is 5.71. The minimum Gasteiger partial charge on any atom is -0.496 e. The number of nitrogens with one attached hydrogen (secondary N) is 2. The summed E-state index contributed by atoms with van der Waals surface area (Å²) < 4.78 is 6.24. The molecule has 1 amide bonds. The molecule has 1 heterocycles. The molecule has 0 aliphatic carbocycles. The Hall–Kier alpha value is -1.07. The minimum atomic E-state index is 0.0481. The van der Waals surface area contributed by atoms with Crippen molar-refractivity contribution < 1.29 is 9.53 Å².